The van der Waals surface area contributed by atoms with Crippen molar-refractivity contribution in [3.05, 3.63) is 50.8 Å². The summed E-state index contributed by atoms with van der Waals surface area (Å²) in [6, 6.07) is 4.59. The van der Waals surface area contributed by atoms with E-state index in [4.69, 9.17) is 10.5 Å². The number of nitrogens with two attached hydrogens (primary N) is 1. The number of nitrogen functional groups attached to an aromatic ring is 1. The van der Waals surface area contributed by atoms with Crippen molar-refractivity contribution in [1.82, 2.24) is 14.5 Å². The third kappa shape index (κ3) is 2.40. The fourth-order valence-electron chi connectivity index (χ4n) is 1.54. The quantitative estimate of drug-likeness (QED) is 0.767. The van der Waals surface area contributed by atoms with Crippen LogP contribution in [0.5, 0.6) is 5.88 Å². The number of nitrogens with zero attached hydrogens (tertiary/aromatic N) is 2. The molecule has 0 saturated heterocycles. The van der Waals surface area contributed by atoms with Crippen molar-refractivity contribution in [3.63, 3.8) is 0 Å². The van der Waals surface area contributed by atoms with Crippen LogP contribution in [0.1, 0.15) is 5.56 Å². The molecule has 0 bridgehead atoms. The van der Waals surface area contributed by atoms with Gasteiger partial charge in [0.05, 0.1) is 13.7 Å². The second kappa shape index (κ2) is 4.74. The second-order valence-electron chi connectivity index (χ2n) is 3.66. The number of aromatic amines is 1. The molecule has 94 valence electrons. The number of H-pyrrole nitrogens is 1. The third-order valence-electron chi connectivity index (χ3n) is 2.42. The van der Waals surface area contributed by atoms with Gasteiger partial charge in [0.1, 0.15) is 5.82 Å². The first-order valence-electron chi connectivity index (χ1n) is 5.18. The number of ether oxygens (including phenoxy) is 1. The van der Waals surface area contributed by atoms with Crippen molar-refractivity contribution in [3.8, 4) is 5.88 Å². The van der Waals surface area contributed by atoms with Gasteiger partial charge in [-0.15, -0.1) is 0 Å². The van der Waals surface area contributed by atoms with Gasteiger partial charge in [-0.25, -0.2) is 9.78 Å². The monoisotopic (exact) mass is 248 g/mol. The molecule has 0 amide bonds. The fourth-order valence-corrected chi connectivity index (χ4v) is 1.54. The predicted octanol–water partition coefficient (Wildman–Crippen LogP) is -0.429. The van der Waals surface area contributed by atoms with E-state index in [-0.39, 0.29) is 12.4 Å². The maximum Gasteiger partial charge on any atom is 0.330 e. The number of nitrogens with one attached hydrogen (secondary N) is 1. The minimum atomic E-state index is -0.546. The third-order valence-corrected chi connectivity index (χ3v) is 2.42. The smallest absolute Gasteiger partial charge is 0.330 e. The van der Waals surface area contributed by atoms with Gasteiger partial charge in [-0.2, -0.15) is 0 Å². The Labute approximate surface area is 102 Å². The largest absolute Gasteiger partial charge is 0.481 e. The number of hydrogen-bond donors (Lipinski definition) is 2. The lowest BCUT2D eigenvalue weighted by atomic mass is 10.2. The molecule has 18 heavy (non-hydrogen) atoms. The summed E-state index contributed by atoms with van der Waals surface area (Å²) >= 11 is 0. The number of rotatable bonds is 3. The molecule has 2 aromatic heterocycles. The summed E-state index contributed by atoms with van der Waals surface area (Å²) in [6.45, 7) is 0.236. The Morgan fingerprint density at radius 1 is 1.44 bits per heavy atom. The van der Waals surface area contributed by atoms with Crippen molar-refractivity contribution >= 4 is 5.82 Å². The first kappa shape index (κ1) is 11.9. The van der Waals surface area contributed by atoms with Gasteiger partial charge in [-0.05, 0) is 11.6 Å². The molecule has 2 aromatic rings. The van der Waals surface area contributed by atoms with Gasteiger partial charge >= 0.3 is 5.69 Å². The summed E-state index contributed by atoms with van der Waals surface area (Å²) < 4.78 is 6.24. The molecule has 7 heteroatoms. The normalized spacial score (nSPS) is 10.3. The Morgan fingerprint density at radius 3 is 2.89 bits per heavy atom. The molecule has 0 fully saturated rings. The Balaban J connectivity index is 2.40. The molecule has 0 aromatic carbocycles. The number of aromatic nitrogens is 3. The van der Waals surface area contributed by atoms with Crippen LogP contribution in [0.2, 0.25) is 0 Å². The molecule has 0 aliphatic rings. The van der Waals surface area contributed by atoms with Gasteiger partial charge < -0.3 is 10.5 Å². The molecule has 0 aliphatic heterocycles. The van der Waals surface area contributed by atoms with Gasteiger partial charge in [0.25, 0.3) is 5.56 Å². The molecular formula is C11H12N4O3. The summed E-state index contributed by atoms with van der Waals surface area (Å²) in [5, 5.41) is 0. The Kier molecular flexibility index (Phi) is 3.13. The van der Waals surface area contributed by atoms with Gasteiger partial charge in [-0.1, -0.05) is 0 Å². The highest BCUT2D eigenvalue weighted by Crippen LogP contribution is 2.10. The van der Waals surface area contributed by atoms with Crippen LogP contribution in [0, 0.1) is 0 Å². The van der Waals surface area contributed by atoms with E-state index in [1.807, 2.05) is 0 Å². The van der Waals surface area contributed by atoms with Crippen LogP contribution in [0.4, 0.5) is 5.82 Å². The molecule has 0 spiro atoms. The molecule has 0 saturated carbocycles. The predicted molar refractivity (Wildman–Crippen MR) is 65.6 cm³/mol. The van der Waals surface area contributed by atoms with Crippen molar-refractivity contribution in [2.45, 2.75) is 6.54 Å². The minimum absolute atomic E-state index is 0.111. The topological polar surface area (TPSA) is 103 Å². The Hall–Kier alpha value is -2.57. The van der Waals surface area contributed by atoms with Crippen molar-refractivity contribution in [1.29, 1.82) is 0 Å². The fraction of sp³-hybridized carbons (Fsp3) is 0.182. The Morgan fingerprint density at radius 2 is 2.22 bits per heavy atom. The molecule has 2 rings (SSSR count). The maximum atomic E-state index is 11.6. The SMILES string of the molecule is COc1cc(Cn2c(N)cc(=O)[nH]c2=O)ccn1. The highest BCUT2D eigenvalue weighted by Gasteiger charge is 2.05. The van der Waals surface area contributed by atoms with E-state index < -0.39 is 11.2 Å². The Bertz CT molecular complexity index is 674. The van der Waals surface area contributed by atoms with Crippen LogP contribution in [-0.2, 0) is 6.54 Å². The van der Waals surface area contributed by atoms with Crippen molar-refractivity contribution in [2.24, 2.45) is 0 Å². The summed E-state index contributed by atoms with van der Waals surface area (Å²) in [4.78, 5) is 28.8. The zero-order chi connectivity index (χ0) is 13.1. The maximum absolute atomic E-state index is 11.6. The van der Waals surface area contributed by atoms with E-state index in [1.165, 1.54) is 17.7 Å². The van der Waals surface area contributed by atoms with E-state index >= 15 is 0 Å². The summed E-state index contributed by atoms with van der Waals surface area (Å²) in [5.41, 5.74) is 5.37. The molecule has 0 radical (unpaired) electrons. The van der Waals surface area contributed by atoms with Gasteiger partial charge in [0.2, 0.25) is 5.88 Å². The van der Waals surface area contributed by atoms with Crippen LogP contribution in [0.15, 0.2) is 34.0 Å². The van der Waals surface area contributed by atoms with Gasteiger partial charge in [-0.3, -0.25) is 14.3 Å². The molecule has 0 aliphatic carbocycles. The first-order valence-corrected chi connectivity index (χ1v) is 5.18. The molecule has 0 unspecified atom stereocenters. The molecule has 3 N–H and O–H groups in total. The zero-order valence-electron chi connectivity index (χ0n) is 9.71. The lowest BCUT2D eigenvalue weighted by molar-refractivity contribution is 0.397. The standard InChI is InChI=1S/C11H12N4O3/c1-18-10-4-7(2-3-13-10)6-15-8(12)5-9(16)14-11(15)17/h2-5H,6,12H2,1H3,(H,14,16,17). The van der Waals surface area contributed by atoms with E-state index in [0.717, 1.165) is 5.56 Å². The minimum Gasteiger partial charge on any atom is -0.481 e. The number of hydrogen-bond acceptors (Lipinski definition) is 5. The lowest BCUT2D eigenvalue weighted by Crippen LogP contribution is -2.31. The van der Waals surface area contributed by atoms with Gasteiger partial charge in [0, 0.05) is 18.3 Å². The van der Waals surface area contributed by atoms with Gasteiger partial charge in [0.15, 0.2) is 0 Å². The van der Waals surface area contributed by atoms with Crippen LogP contribution in [-0.4, -0.2) is 21.6 Å². The van der Waals surface area contributed by atoms with Crippen molar-refractivity contribution in [2.75, 3.05) is 12.8 Å². The van der Waals surface area contributed by atoms with E-state index in [1.54, 1.807) is 18.3 Å². The highest BCUT2D eigenvalue weighted by atomic mass is 16.5. The summed E-state index contributed by atoms with van der Waals surface area (Å²) in [7, 11) is 1.51. The number of methoxy groups -OCH3 is 1. The number of pyridine rings is 1. The van der Waals surface area contributed by atoms with E-state index in [2.05, 4.69) is 9.97 Å². The van der Waals surface area contributed by atoms with Crippen LogP contribution in [0.25, 0.3) is 0 Å². The average molecular weight is 248 g/mol. The van der Waals surface area contributed by atoms with Crippen LogP contribution < -0.4 is 21.7 Å². The van der Waals surface area contributed by atoms with Crippen molar-refractivity contribution < 1.29 is 4.74 Å². The lowest BCUT2D eigenvalue weighted by Gasteiger charge is -2.08. The summed E-state index contributed by atoms with van der Waals surface area (Å²) in [5.74, 6) is 0.558. The van der Waals surface area contributed by atoms with Crippen LogP contribution in [0.3, 0.4) is 0 Å². The zero-order valence-corrected chi connectivity index (χ0v) is 9.71. The molecule has 7 nitrogen and oxygen atoms in total. The van der Waals surface area contributed by atoms with E-state index in [9.17, 15) is 9.59 Å². The summed E-state index contributed by atoms with van der Waals surface area (Å²) in [6.07, 6.45) is 1.57. The first-order chi connectivity index (χ1) is 8.60. The molecule has 2 heterocycles. The molecular weight excluding hydrogens is 236 g/mol. The number of anilines is 1. The second-order valence-corrected chi connectivity index (χ2v) is 3.66. The van der Waals surface area contributed by atoms with E-state index in [0.29, 0.717) is 5.88 Å². The van der Waals surface area contributed by atoms with Crippen LogP contribution >= 0.6 is 0 Å². The highest BCUT2D eigenvalue weighted by molar-refractivity contribution is 5.29. The molecule has 0 atom stereocenters. The average Bonchev–Trinajstić information content (AvgIpc) is 2.34.